The summed E-state index contributed by atoms with van der Waals surface area (Å²) in [6, 6.07) is 17.8. The number of benzene rings is 3. The van der Waals surface area contributed by atoms with Crippen molar-refractivity contribution in [1.29, 1.82) is 0 Å². The highest BCUT2D eigenvalue weighted by Gasteiger charge is 2.64. The van der Waals surface area contributed by atoms with Crippen molar-refractivity contribution in [2.24, 2.45) is 0 Å². The normalized spacial score (nSPS) is 19.1. The van der Waals surface area contributed by atoms with Crippen LogP contribution in [-0.4, -0.2) is 32.6 Å². The van der Waals surface area contributed by atoms with Crippen LogP contribution in [0.15, 0.2) is 88.7 Å². The van der Waals surface area contributed by atoms with Gasteiger partial charge >= 0.3 is 4.33 Å². The van der Waals surface area contributed by atoms with Crippen LogP contribution in [0.1, 0.15) is 23.5 Å². The van der Waals surface area contributed by atoms with Crippen LogP contribution in [0, 0.1) is 6.92 Å². The fraction of sp³-hybridized carbons (Fsp3) is 0.217. The van der Waals surface area contributed by atoms with Crippen LogP contribution in [-0.2, 0) is 19.7 Å². The van der Waals surface area contributed by atoms with Crippen molar-refractivity contribution in [1.82, 2.24) is 0 Å². The number of aliphatic hydroxyl groups is 1. The summed E-state index contributed by atoms with van der Waals surface area (Å²) in [5, 5.41) is 10.3. The highest BCUT2D eigenvalue weighted by atomic mass is 32.3. The summed E-state index contributed by atoms with van der Waals surface area (Å²) in [7, 11) is -10.2. The van der Waals surface area contributed by atoms with Gasteiger partial charge in [-0.3, -0.25) is 0 Å². The Morgan fingerprint density at radius 1 is 0.875 bits per heavy atom. The van der Waals surface area contributed by atoms with E-state index in [1.807, 2.05) is 0 Å². The van der Waals surface area contributed by atoms with Gasteiger partial charge in [0.25, 0.3) is 0 Å². The first kappa shape index (κ1) is 22.4. The quantitative estimate of drug-likeness (QED) is 0.602. The maximum absolute atomic E-state index is 17.2. The van der Waals surface area contributed by atoms with E-state index in [9.17, 15) is 21.9 Å². The van der Waals surface area contributed by atoms with Crippen molar-refractivity contribution in [3.8, 4) is 5.75 Å². The summed E-state index contributed by atoms with van der Waals surface area (Å²) in [6.07, 6.45) is -2.15. The molecular formula is C23H21FO6S2. The third kappa shape index (κ3) is 3.41. The molecular weight excluding hydrogens is 455 g/mol. The van der Waals surface area contributed by atoms with E-state index < -0.39 is 52.4 Å². The number of halogens is 1. The minimum absolute atomic E-state index is 0.0351. The second-order valence-corrected chi connectivity index (χ2v) is 12.0. The van der Waals surface area contributed by atoms with Gasteiger partial charge in [0.1, 0.15) is 5.75 Å². The summed E-state index contributed by atoms with van der Waals surface area (Å²) in [4.78, 5) is -0.950. The standard InChI is InChI=1S/C23H21FO6S2/c1-16-12-13-21-19(14-16)20(15-22(25)30-21)23(24,31(26,27)17-8-4-2-5-9-17)32(28,29)18-10-6-3-7-11-18/h2-14,20,22,25H,15H2,1H3/t20-,22?/m0/s1. The van der Waals surface area contributed by atoms with Gasteiger partial charge in [-0.2, -0.15) is 0 Å². The molecule has 9 heteroatoms. The van der Waals surface area contributed by atoms with Crippen molar-refractivity contribution in [3.63, 3.8) is 0 Å². The lowest BCUT2D eigenvalue weighted by Gasteiger charge is -2.38. The molecule has 4 rings (SSSR count). The van der Waals surface area contributed by atoms with Crippen LogP contribution in [0.25, 0.3) is 0 Å². The number of hydrogen-bond donors (Lipinski definition) is 1. The average Bonchev–Trinajstić information content (AvgIpc) is 2.79. The van der Waals surface area contributed by atoms with Crippen LogP contribution in [0.4, 0.5) is 4.39 Å². The van der Waals surface area contributed by atoms with Gasteiger partial charge in [0.05, 0.1) is 15.7 Å². The second-order valence-electron chi connectivity index (χ2n) is 7.62. The number of rotatable bonds is 5. The van der Waals surface area contributed by atoms with Crippen molar-refractivity contribution in [2.75, 3.05) is 0 Å². The number of ether oxygens (including phenoxy) is 1. The molecule has 0 bridgehead atoms. The number of alkyl halides is 1. The summed E-state index contributed by atoms with van der Waals surface area (Å²) in [5.74, 6) is -1.70. The Labute approximate surface area is 186 Å². The molecule has 0 radical (unpaired) electrons. The van der Waals surface area contributed by atoms with E-state index in [2.05, 4.69) is 0 Å². The van der Waals surface area contributed by atoms with Gasteiger partial charge in [-0.1, -0.05) is 54.1 Å². The van der Waals surface area contributed by atoms with Gasteiger partial charge in [0, 0.05) is 12.0 Å². The first-order valence-corrected chi connectivity index (χ1v) is 12.8. The molecule has 0 saturated carbocycles. The Hall–Kier alpha value is -2.75. The monoisotopic (exact) mass is 476 g/mol. The predicted molar refractivity (Wildman–Crippen MR) is 116 cm³/mol. The second kappa shape index (κ2) is 7.99. The molecule has 1 aliphatic rings. The third-order valence-corrected chi connectivity index (χ3v) is 10.6. The molecule has 1 N–H and O–H groups in total. The van der Waals surface area contributed by atoms with Crippen molar-refractivity contribution in [2.45, 2.75) is 39.7 Å². The van der Waals surface area contributed by atoms with E-state index in [0.717, 1.165) is 24.3 Å². The van der Waals surface area contributed by atoms with Crippen LogP contribution in [0.5, 0.6) is 5.75 Å². The molecule has 168 valence electrons. The number of aliphatic hydroxyl groups excluding tert-OH is 1. The van der Waals surface area contributed by atoms with E-state index in [1.165, 1.54) is 36.4 Å². The van der Waals surface area contributed by atoms with Crippen molar-refractivity contribution < 1.29 is 31.1 Å². The van der Waals surface area contributed by atoms with Crippen LogP contribution in [0.3, 0.4) is 0 Å². The van der Waals surface area contributed by atoms with Crippen LogP contribution in [0.2, 0.25) is 0 Å². The first-order chi connectivity index (χ1) is 15.1. The molecule has 1 heterocycles. The van der Waals surface area contributed by atoms with E-state index >= 15 is 4.39 Å². The smallest absolute Gasteiger partial charge is 0.324 e. The Morgan fingerprint density at radius 2 is 1.38 bits per heavy atom. The van der Waals surface area contributed by atoms with Gasteiger partial charge < -0.3 is 9.84 Å². The lowest BCUT2D eigenvalue weighted by Crippen LogP contribution is -2.50. The Balaban J connectivity index is 2.06. The molecule has 0 aliphatic carbocycles. The zero-order valence-corrected chi connectivity index (χ0v) is 18.7. The molecule has 1 unspecified atom stereocenters. The highest BCUT2D eigenvalue weighted by Crippen LogP contribution is 2.52. The molecule has 2 atom stereocenters. The average molecular weight is 477 g/mol. The molecule has 3 aromatic rings. The van der Waals surface area contributed by atoms with E-state index in [1.54, 1.807) is 25.1 Å². The molecule has 0 aromatic heterocycles. The zero-order valence-electron chi connectivity index (χ0n) is 17.1. The minimum atomic E-state index is -5.11. The predicted octanol–water partition coefficient (Wildman–Crippen LogP) is 3.75. The maximum Gasteiger partial charge on any atom is 0.324 e. The number of hydrogen-bond acceptors (Lipinski definition) is 6. The van der Waals surface area contributed by atoms with Gasteiger partial charge in [0.2, 0.25) is 19.7 Å². The lowest BCUT2D eigenvalue weighted by molar-refractivity contribution is -0.0444. The number of sulfone groups is 2. The number of fused-ring (bicyclic) bond motifs is 1. The summed E-state index contributed by atoms with van der Waals surface area (Å²) in [6.45, 7) is 1.71. The molecule has 3 aromatic carbocycles. The topological polar surface area (TPSA) is 97.7 Å². The molecule has 1 aliphatic heterocycles. The fourth-order valence-corrected chi connectivity index (χ4v) is 8.54. The molecule has 0 amide bonds. The van der Waals surface area contributed by atoms with Crippen molar-refractivity contribution >= 4 is 19.7 Å². The fourth-order valence-electron chi connectivity index (χ4n) is 3.94. The third-order valence-electron chi connectivity index (χ3n) is 5.50. The molecule has 0 spiro atoms. The SMILES string of the molecule is Cc1ccc2c(c1)[C@@H](C(F)(S(=O)(=O)c1ccccc1)S(=O)(=O)c1ccccc1)CC(O)O2. The van der Waals surface area contributed by atoms with Crippen LogP contribution >= 0.6 is 0 Å². The summed E-state index contributed by atoms with van der Waals surface area (Å²) < 4.78 is 73.6. The van der Waals surface area contributed by atoms with Gasteiger partial charge in [-0.25, -0.2) is 21.2 Å². The molecule has 32 heavy (non-hydrogen) atoms. The molecule has 0 saturated heterocycles. The van der Waals surface area contributed by atoms with Crippen LogP contribution < -0.4 is 4.74 Å². The Kier molecular flexibility index (Phi) is 5.60. The Morgan fingerprint density at radius 3 is 1.88 bits per heavy atom. The lowest BCUT2D eigenvalue weighted by atomic mass is 9.92. The number of aryl methyl sites for hydroxylation is 1. The maximum atomic E-state index is 17.2. The first-order valence-electron chi connectivity index (χ1n) is 9.82. The van der Waals surface area contributed by atoms with Gasteiger partial charge in [0.15, 0.2) is 6.29 Å². The zero-order chi connectivity index (χ0) is 23.1. The van der Waals surface area contributed by atoms with E-state index in [0.29, 0.717) is 5.56 Å². The largest absolute Gasteiger partial charge is 0.465 e. The Bertz CT molecular complexity index is 1270. The minimum Gasteiger partial charge on any atom is -0.465 e. The van der Waals surface area contributed by atoms with E-state index in [4.69, 9.17) is 4.74 Å². The highest BCUT2D eigenvalue weighted by molar-refractivity contribution is 8.10. The molecule has 0 fully saturated rings. The van der Waals surface area contributed by atoms with Crippen molar-refractivity contribution in [3.05, 3.63) is 90.0 Å². The molecule has 6 nitrogen and oxygen atoms in total. The van der Waals surface area contributed by atoms with E-state index in [-0.39, 0.29) is 11.3 Å². The summed E-state index contributed by atoms with van der Waals surface area (Å²) >= 11 is 0. The summed E-state index contributed by atoms with van der Waals surface area (Å²) in [5.41, 5.74) is 0.724. The van der Waals surface area contributed by atoms with Gasteiger partial charge in [-0.05, 0) is 37.3 Å². The van der Waals surface area contributed by atoms with Gasteiger partial charge in [-0.15, -0.1) is 0 Å².